The van der Waals surface area contributed by atoms with Crippen LogP contribution < -0.4 is 10.5 Å². The number of fused-ring (bicyclic) bond motifs is 1. The molecule has 4 rings (SSSR count). The van der Waals surface area contributed by atoms with Crippen molar-refractivity contribution in [1.29, 1.82) is 0 Å². The van der Waals surface area contributed by atoms with Crippen LogP contribution in [-0.4, -0.2) is 39.1 Å². The number of rotatable bonds is 6. The van der Waals surface area contributed by atoms with Crippen LogP contribution in [-0.2, 0) is 11.8 Å². The number of halogens is 2. The first-order valence-corrected chi connectivity index (χ1v) is 10.7. The van der Waals surface area contributed by atoms with Crippen LogP contribution in [0.4, 0.5) is 10.2 Å². The predicted octanol–water partition coefficient (Wildman–Crippen LogP) is 3.84. The lowest BCUT2D eigenvalue weighted by Gasteiger charge is -2.09. The minimum absolute atomic E-state index is 0.0555. The van der Waals surface area contributed by atoms with E-state index in [0.29, 0.717) is 15.9 Å². The Hall–Kier alpha value is -3.08. The summed E-state index contributed by atoms with van der Waals surface area (Å²) >= 11 is 3.51. The zero-order valence-electron chi connectivity index (χ0n) is 17.4. The van der Waals surface area contributed by atoms with E-state index in [2.05, 4.69) is 31.5 Å². The van der Waals surface area contributed by atoms with Gasteiger partial charge in [-0.3, -0.25) is 9.78 Å². The number of hydrogen-bond donors (Lipinski definition) is 3. The fraction of sp³-hybridized carbons (Fsp3) is 0.136. The van der Waals surface area contributed by atoms with Crippen molar-refractivity contribution in [2.75, 3.05) is 11.9 Å². The fourth-order valence-corrected chi connectivity index (χ4v) is 4.00. The molecule has 0 aliphatic carbocycles. The Morgan fingerprint density at radius 1 is 1.19 bits per heavy atom. The summed E-state index contributed by atoms with van der Waals surface area (Å²) < 4.78 is 16.1. The minimum atomic E-state index is -0.798. The molecule has 1 amide bonds. The molecule has 0 atom stereocenters. The van der Waals surface area contributed by atoms with Crippen molar-refractivity contribution < 1.29 is 14.2 Å². The number of benzene rings is 1. The number of hydrogen-bond acceptors (Lipinski definition) is 5. The van der Waals surface area contributed by atoms with Crippen molar-refractivity contribution in [3.05, 3.63) is 65.1 Å². The fourth-order valence-electron chi connectivity index (χ4n) is 3.58. The van der Waals surface area contributed by atoms with Crippen molar-refractivity contribution in [1.82, 2.24) is 19.8 Å². The van der Waals surface area contributed by atoms with Crippen molar-refractivity contribution in [2.24, 2.45) is 7.05 Å². The predicted molar refractivity (Wildman–Crippen MR) is 128 cm³/mol. The smallest absolute Gasteiger partial charge is 0.374 e. The van der Waals surface area contributed by atoms with E-state index in [9.17, 15) is 14.2 Å². The number of carbonyl (C=O) groups is 1. The number of aryl methyl sites for hydroxylation is 1. The summed E-state index contributed by atoms with van der Waals surface area (Å²) in [5.41, 5.74) is 4.22. The molecule has 0 saturated carbocycles. The van der Waals surface area contributed by atoms with Crippen LogP contribution in [0, 0.1) is 5.82 Å². The second-order valence-corrected chi connectivity index (χ2v) is 8.17. The lowest BCUT2D eigenvalue weighted by Crippen LogP contribution is -2.37. The number of pyridine rings is 2. The lowest BCUT2D eigenvalue weighted by atomic mass is 9.89. The summed E-state index contributed by atoms with van der Waals surface area (Å²) in [6.07, 6.45) is 3.43. The molecule has 0 bridgehead atoms. The maximum absolute atomic E-state index is 13.6. The van der Waals surface area contributed by atoms with Crippen LogP contribution in [0.15, 0.2) is 59.3 Å². The third kappa shape index (κ3) is 4.43. The van der Waals surface area contributed by atoms with E-state index >= 15 is 0 Å². The van der Waals surface area contributed by atoms with E-state index in [1.54, 1.807) is 24.5 Å². The maximum Gasteiger partial charge on any atom is 0.374 e. The maximum atomic E-state index is 13.6. The van der Waals surface area contributed by atoms with Crippen LogP contribution in [0.2, 0.25) is 6.82 Å². The molecule has 3 heterocycles. The molecule has 0 radical (unpaired) electrons. The summed E-state index contributed by atoms with van der Waals surface area (Å²) in [5.74, 6) is -0.280. The highest BCUT2D eigenvalue weighted by atomic mass is 79.9. The summed E-state index contributed by atoms with van der Waals surface area (Å²) in [6, 6.07) is 12.0. The summed E-state index contributed by atoms with van der Waals surface area (Å²) in [5, 5.41) is 15.6. The molecule has 3 N–H and O–H groups in total. The number of nitrogens with one attached hydrogen (secondary N) is 2. The van der Waals surface area contributed by atoms with Gasteiger partial charge in [-0.15, -0.1) is 0 Å². The third-order valence-electron chi connectivity index (χ3n) is 5.02. The Labute approximate surface area is 193 Å². The van der Waals surface area contributed by atoms with E-state index in [4.69, 9.17) is 4.98 Å². The molecule has 32 heavy (non-hydrogen) atoms. The molecular weight excluding hydrogens is 476 g/mol. The van der Waals surface area contributed by atoms with Crippen molar-refractivity contribution >= 4 is 45.7 Å². The Bertz CT molecular complexity index is 1280. The molecule has 0 aliphatic rings. The van der Waals surface area contributed by atoms with Crippen LogP contribution in [0.5, 0.6) is 0 Å². The number of nitrogens with zero attached hydrogens (tertiary/aromatic N) is 3. The van der Waals surface area contributed by atoms with E-state index < -0.39 is 7.05 Å². The van der Waals surface area contributed by atoms with Gasteiger partial charge < -0.3 is 20.1 Å². The van der Waals surface area contributed by atoms with Gasteiger partial charge >= 0.3 is 7.05 Å². The van der Waals surface area contributed by atoms with E-state index in [1.807, 2.05) is 29.8 Å². The van der Waals surface area contributed by atoms with Gasteiger partial charge in [-0.05, 0) is 76.3 Å². The zero-order chi connectivity index (χ0) is 22.8. The molecule has 7 nitrogen and oxygen atoms in total. The lowest BCUT2D eigenvalue weighted by molar-refractivity contribution is -0.115. The van der Waals surface area contributed by atoms with Gasteiger partial charge in [0.25, 0.3) is 0 Å². The van der Waals surface area contributed by atoms with Crippen molar-refractivity contribution in [2.45, 2.75) is 6.82 Å². The molecule has 1 aromatic carbocycles. The van der Waals surface area contributed by atoms with E-state index in [0.717, 1.165) is 27.8 Å². The largest absolute Gasteiger partial charge is 0.437 e. The molecule has 3 aromatic heterocycles. The average Bonchev–Trinajstić information content (AvgIpc) is 3.05. The van der Waals surface area contributed by atoms with Gasteiger partial charge in [-0.2, -0.15) is 0 Å². The Morgan fingerprint density at radius 3 is 2.53 bits per heavy atom. The van der Waals surface area contributed by atoms with Gasteiger partial charge in [0, 0.05) is 30.4 Å². The standard InChI is InChI=1S/C22H20BBrFN5O2/c1-23(32)27-12-18(31)28-21-17(24)11-16-19(13-7-9-26-10-8-13)20(30(2)22(16)29-21)14-3-5-15(25)6-4-14/h3-11,27,32H,12H2,1-2H3,(H,28,29,31). The Kier molecular flexibility index (Phi) is 6.36. The second kappa shape index (κ2) is 9.19. The number of amides is 1. The van der Waals surface area contributed by atoms with Crippen molar-refractivity contribution in [3.63, 3.8) is 0 Å². The second-order valence-electron chi connectivity index (χ2n) is 7.32. The van der Waals surface area contributed by atoms with Gasteiger partial charge in [-0.25, -0.2) is 9.37 Å². The van der Waals surface area contributed by atoms with Gasteiger partial charge in [0.15, 0.2) is 0 Å². The minimum Gasteiger partial charge on any atom is -0.437 e. The summed E-state index contributed by atoms with van der Waals surface area (Å²) in [6.45, 7) is 1.48. The first-order chi connectivity index (χ1) is 15.3. The Balaban J connectivity index is 1.88. The van der Waals surface area contributed by atoms with Crippen molar-refractivity contribution in [3.8, 4) is 22.4 Å². The van der Waals surface area contributed by atoms with Crippen LogP contribution in [0.25, 0.3) is 33.4 Å². The SMILES string of the molecule is CB(O)NCC(=O)Nc1nc2c(cc1Br)c(-c1ccncc1)c(-c1ccc(F)cc1)n2C. The highest BCUT2D eigenvalue weighted by Crippen LogP contribution is 2.41. The number of carbonyl (C=O) groups excluding carboxylic acids is 1. The normalized spacial score (nSPS) is 11.0. The third-order valence-corrected chi connectivity index (χ3v) is 5.62. The van der Waals surface area contributed by atoms with Crippen LogP contribution >= 0.6 is 15.9 Å². The zero-order valence-corrected chi connectivity index (χ0v) is 19.0. The Morgan fingerprint density at radius 2 is 1.88 bits per heavy atom. The van der Waals surface area contributed by atoms with Gasteiger partial charge in [0.05, 0.1) is 16.7 Å². The quantitative estimate of drug-likeness (QED) is 0.353. The summed E-state index contributed by atoms with van der Waals surface area (Å²) in [4.78, 5) is 21.1. The molecule has 162 valence electrons. The highest BCUT2D eigenvalue weighted by Gasteiger charge is 2.21. The van der Waals surface area contributed by atoms with E-state index in [-0.39, 0.29) is 18.3 Å². The number of aromatic nitrogens is 3. The molecule has 0 aliphatic heterocycles. The monoisotopic (exact) mass is 495 g/mol. The van der Waals surface area contributed by atoms with Gasteiger partial charge in [-0.1, -0.05) is 0 Å². The average molecular weight is 496 g/mol. The summed E-state index contributed by atoms with van der Waals surface area (Å²) in [7, 11) is 1.08. The molecular formula is C22H20BBrFN5O2. The number of anilines is 1. The van der Waals surface area contributed by atoms with Crippen LogP contribution in [0.3, 0.4) is 0 Å². The topological polar surface area (TPSA) is 92.1 Å². The highest BCUT2D eigenvalue weighted by molar-refractivity contribution is 9.10. The molecule has 0 fully saturated rings. The van der Waals surface area contributed by atoms with Gasteiger partial charge in [0.2, 0.25) is 5.91 Å². The molecule has 0 saturated heterocycles. The van der Waals surface area contributed by atoms with Crippen LogP contribution in [0.1, 0.15) is 0 Å². The first kappa shape index (κ1) is 22.1. The van der Waals surface area contributed by atoms with Gasteiger partial charge in [0.1, 0.15) is 17.3 Å². The first-order valence-electron chi connectivity index (χ1n) is 9.91. The van der Waals surface area contributed by atoms with E-state index in [1.165, 1.54) is 19.0 Å². The molecule has 10 heteroatoms. The molecule has 4 aromatic rings. The molecule has 0 spiro atoms. The molecule has 0 unspecified atom stereocenters.